The highest BCUT2D eigenvalue weighted by Gasteiger charge is 2.31. The molecule has 1 aliphatic carbocycles. The molecule has 0 amide bonds. The Balaban J connectivity index is 1.40. The fourth-order valence-electron chi connectivity index (χ4n) is 4.03. The van der Waals surface area contributed by atoms with Crippen LogP contribution < -0.4 is 10.5 Å². The summed E-state index contributed by atoms with van der Waals surface area (Å²) in [4.78, 5) is 19.5. The maximum absolute atomic E-state index is 12.9. The summed E-state index contributed by atoms with van der Waals surface area (Å²) < 4.78 is 49.7. The van der Waals surface area contributed by atoms with Gasteiger partial charge in [-0.2, -0.15) is 13.2 Å². The summed E-state index contributed by atoms with van der Waals surface area (Å²) in [5.41, 5.74) is 2.60. The number of nitrogens with zero attached hydrogens (tertiary/aromatic N) is 2. The molecule has 5 rings (SSSR count). The normalized spacial score (nSPS) is 14.8. The molecule has 0 bridgehead atoms. The van der Waals surface area contributed by atoms with Crippen LogP contribution >= 0.6 is 11.3 Å². The average Bonchev–Trinajstić information content (AvgIpc) is 3.48. The lowest BCUT2D eigenvalue weighted by Gasteiger charge is -2.18. The second-order valence-electron chi connectivity index (χ2n) is 8.53. The van der Waals surface area contributed by atoms with Crippen molar-refractivity contribution < 1.29 is 22.4 Å². The SMILES string of the molecule is CCC(Oc1ccc(-c2noc(=O)[nH]2)c(C2CC2)c1)c1sc(-c2ccc(C(F)(F)F)cc2)nc1C. The Labute approximate surface area is 202 Å². The van der Waals surface area contributed by atoms with Gasteiger partial charge in [0.2, 0.25) is 0 Å². The number of hydrogen-bond acceptors (Lipinski definition) is 6. The summed E-state index contributed by atoms with van der Waals surface area (Å²) in [6.45, 7) is 3.89. The van der Waals surface area contributed by atoms with E-state index >= 15 is 0 Å². The van der Waals surface area contributed by atoms with Crippen molar-refractivity contribution in [2.75, 3.05) is 0 Å². The zero-order chi connectivity index (χ0) is 24.7. The van der Waals surface area contributed by atoms with E-state index < -0.39 is 17.5 Å². The highest BCUT2D eigenvalue weighted by Crippen LogP contribution is 2.46. The number of H-pyrrole nitrogens is 1. The smallest absolute Gasteiger partial charge is 0.439 e. The third kappa shape index (κ3) is 4.88. The van der Waals surface area contributed by atoms with Gasteiger partial charge in [-0.1, -0.05) is 24.2 Å². The molecule has 0 aliphatic heterocycles. The minimum absolute atomic E-state index is 0.263. The van der Waals surface area contributed by atoms with Crippen molar-refractivity contribution in [3.8, 4) is 27.7 Å². The quantitative estimate of drug-likeness (QED) is 0.298. The Kier molecular flexibility index (Phi) is 6.00. The van der Waals surface area contributed by atoms with Crippen molar-refractivity contribution in [2.45, 2.75) is 51.3 Å². The summed E-state index contributed by atoms with van der Waals surface area (Å²) in [5.74, 6) is 0.870. The maximum Gasteiger partial charge on any atom is 0.439 e. The number of thiazole rings is 1. The largest absolute Gasteiger partial charge is 0.485 e. The topological polar surface area (TPSA) is 81.0 Å². The molecular weight excluding hydrogens is 479 g/mol. The van der Waals surface area contributed by atoms with Gasteiger partial charge in [0.15, 0.2) is 5.82 Å². The van der Waals surface area contributed by atoms with Gasteiger partial charge < -0.3 is 4.74 Å². The molecule has 1 fully saturated rings. The number of aromatic nitrogens is 3. The Morgan fingerprint density at radius 3 is 2.54 bits per heavy atom. The van der Waals surface area contributed by atoms with Crippen molar-refractivity contribution >= 4 is 11.3 Å². The summed E-state index contributed by atoms with van der Waals surface area (Å²) in [7, 11) is 0. The van der Waals surface area contributed by atoms with Gasteiger partial charge >= 0.3 is 11.9 Å². The fourth-order valence-corrected chi connectivity index (χ4v) is 5.21. The summed E-state index contributed by atoms with van der Waals surface area (Å²) in [5, 5.41) is 4.47. The molecule has 1 atom stereocenters. The first kappa shape index (κ1) is 23.3. The second-order valence-corrected chi connectivity index (χ2v) is 9.56. The van der Waals surface area contributed by atoms with E-state index in [2.05, 4.69) is 19.6 Å². The standard InChI is InChI=1S/C25H22F3N3O3S/c1-3-20(21-13(2)29-23(35-21)15-6-8-16(9-7-15)25(26,27)28)33-17-10-11-18(19(12-17)14-4-5-14)22-30-24(32)34-31-22/h6-12,14,20H,3-5H2,1-2H3,(H,30,31,32). The lowest BCUT2D eigenvalue weighted by atomic mass is 10.0. The molecule has 1 saturated carbocycles. The first-order valence-corrected chi connectivity index (χ1v) is 12.1. The number of rotatable bonds is 7. The highest BCUT2D eigenvalue weighted by atomic mass is 32.1. The van der Waals surface area contributed by atoms with E-state index in [0.29, 0.717) is 34.5 Å². The van der Waals surface area contributed by atoms with Gasteiger partial charge in [-0.3, -0.25) is 9.51 Å². The Morgan fingerprint density at radius 2 is 1.94 bits per heavy atom. The highest BCUT2D eigenvalue weighted by molar-refractivity contribution is 7.15. The van der Waals surface area contributed by atoms with Gasteiger partial charge in [-0.15, -0.1) is 11.3 Å². The molecule has 10 heteroatoms. The van der Waals surface area contributed by atoms with E-state index in [9.17, 15) is 18.0 Å². The van der Waals surface area contributed by atoms with E-state index in [-0.39, 0.29) is 6.10 Å². The molecular formula is C25H22F3N3O3S. The third-order valence-electron chi connectivity index (χ3n) is 5.97. The number of aromatic amines is 1. The lowest BCUT2D eigenvalue weighted by Crippen LogP contribution is -2.06. The first-order valence-electron chi connectivity index (χ1n) is 11.2. The van der Waals surface area contributed by atoms with Crippen molar-refractivity contribution in [2.24, 2.45) is 0 Å². The molecule has 0 saturated heterocycles. The number of halogens is 3. The maximum atomic E-state index is 12.9. The molecule has 2 heterocycles. The summed E-state index contributed by atoms with van der Waals surface area (Å²) >= 11 is 1.42. The molecule has 1 N–H and O–H groups in total. The Bertz CT molecular complexity index is 1400. The molecule has 1 unspecified atom stereocenters. The third-order valence-corrected chi connectivity index (χ3v) is 7.27. The summed E-state index contributed by atoms with van der Waals surface area (Å²) in [6.07, 6.45) is -1.84. The number of aryl methyl sites for hydroxylation is 1. The van der Waals surface area contributed by atoms with E-state index in [0.717, 1.165) is 46.7 Å². The summed E-state index contributed by atoms with van der Waals surface area (Å²) in [6, 6.07) is 10.7. The van der Waals surface area contributed by atoms with Crippen LogP contribution in [0.3, 0.4) is 0 Å². The first-order chi connectivity index (χ1) is 16.7. The number of nitrogens with one attached hydrogen (secondary N) is 1. The average molecular weight is 502 g/mol. The van der Waals surface area contributed by atoms with Gasteiger partial charge in [0.05, 0.1) is 16.1 Å². The predicted molar refractivity (Wildman–Crippen MR) is 125 cm³/mol. The zero-order valence-corrected chi connectivity index (χ0v) is 19.8. The number of benzene rings is 2. The molecule has 0 spiro atoms. The second kappa shape index (κ2) is 8.99. The van der Waals surface area contributed by atoms with Crippen LogP contribution in [0.1, 0.15) is 59.9 Å². The van der Waals surface area contributed by atoms with Gasteiger partial charge in [0.25, 0.3) is 0 Å². The van der Waals surface area contributed by atoms with Crippen LogP contribution in [0.2, 0.25) is 0 Å². The monoisotopic (exact) mass is 501 g/mol. The van der Waals surface area contributed by atoms with Crippen LogP contribution in [0.5, 0.6) is 5.75 Å². The van der Waals surface area contributed by atoms with E-state index in [4.69, 9.17) is 4.74 Å². The lowest BCUT2D eigenvalue weighted by molar-refractivity contribution is -0.137. The number of alkyl halides is 3. The van der Waals surface area contributed by atoms with Crippen molar-refractivity contribution in [3.63, 3.8) is 0 Å². The molecule has 182 valence electrons. The molecule has 2 aromatic heterocycles. The van der Waals surface area contributed by atoms with Crippen LogP contribution in [0.25, 0.3) is 22.0 Å². The Hall–Kier alpha value is -3.40. The minimum atomic E-state index is -4.37. The zero-order valence-electron chi connectivity index (χ0n) is 19.0. The van der Waals surface area contributed by atoms with Gasteiger partial charge in [0.1, 0.15) is 16.9 Å². The minimum Gasteiger partial charge on any atom is -0.485 e. The molecule has 6 nitrogen and oxygen atoms in total. The van der Waals surface area contributed by atoms with E-state index in [1.807, 2.05) is 32.0 Å². The van der Waals surface area contributed by atoms with Crippen molar-refractivity contribution in [1.82, 2.24) is 15.1 Å². The number of hydrogen-bond donors (Lipinski definition) is 1. The van der Waals surface area contributed by atoms with Crippen LogP contribution in [0, 0.1) is 6.92 Å². The molecule has 1 aliphatic rings. The molecule has 2 aromatic carbocycles. The van der Waals surface area contributed by atoms with Crippen LogP contribution in [-0.2, 0) is 6.18 Å². The van der Waals surface area contributed by atoms with Gasteiger partial charge in [-0.25, -0.2) is 9.78 Å². The van der Waals surface area contributed by atoms with E-state index in [1.54, 1.807) is 0 Å². The van der Waals surface area contributed by atoms with Crippen molar-refractivity contribution in [3.05, 3.63) is 74.7 Å². The molecule has 0 radical (unpaired) electrons. The van der Waals surface area contributed by atoms with Gasteiger partial charge in [-0.05, 0) is 68.0 Å². The Morgan fingerprint density at radius 1 is 1.20 bits per heavy atom. The number of ether oxygens (including phenoxy) is 1. The van der Waals surface area contributed by atoms with Gasteiger partial charge in [0, 0.05) is 11.1 Å². The fraction of sp³-hybridized carbons (Fsp3) is 0.320. The van der Waals surface area contributed by atoms with Crippen LogP contribution in [0.4, 0.5) is 13.2 Å². The molecule has 35 heavy (non-hydrogen) atoms. The van der Waals surface area contributed by atoms with Crippen LogP contribution in [-0.4, -0.2) is 15.1 Å². The van der Waals surface area contributed by atoms with Crippen molar-refractivity contribution in [1.29, 1.82) is 0 Å². The predicted octanol–water partition coefficient (Wildman–Crippen LogP) is 6.89. The van der Waals surface area contributed by atoms with E-state index in [1.165, 1.54) is 23.5 Å². The molecule has 4 aromatic rings. The van der Waals surface area contributed by atoms with Crippen LogP contribution in [0.15, 0.2) is 51.8 Å².